The number of benzene rings is 2. The van der Waals surface area contributed by atoms with Crippen LogP contribution in [0.25, 0.3) is 5.69 Å². The predicted molar refractivity (Wildman–Crippen MR) is 128 cm³/mol. The van der Waals surface area contributed by atoms with Crippen molar-refractivity contribution in [2.75, 3.05) is 11.9 Å². The summed E-state index contributed by atoms with van der Waals surface area (Å²) in [5.41, 5.74) is 5.33. The molecule has 1 aliphatic carbocycles. The number of Topliss-reactive ketones (excluding diaryl/α,β-unsaturated/α-hetero) is 1. The predicted octanol–water partition coefficient (Wildman–Crippen LogP) is 4.84. The van der Waals surface area contributed by atoms with Crippen LogP contribution >= 0.6 is 0 Å². The van der Waals surface area contributed by atoms with Gasteiger partial charge in [0, 0.05) is 29.2 Å². The number of para-hydroxylation sites is 1. The first-order valence-corrected chi connectivity index (χ1v) is 11.4. The summed E-state index contributed by atoms with van der Waals surface area (Å²) in [6, 6.07) is 17.3. The number of ether oxygens (including phenoxy) is 1. The molecule has 3 aromatic rings. The lowest BCUT2D eigenvalue weighted by Crippen LogP contribution is -2.34. The van der Waals surface area contributed by atoms with Gasteiger partial charge >= 0.3 is 5.97 Å². The van der Waals surface area contributed by atoms with Crippen LogP contribution in [0.4, 0.5) is 5.82 Å². The number of anilines is 1. The third-order valence-corrected chi connectivity index (χ3v) is 6.45. The van der Waals surface area contributed by atoms with Crippen molar-refractivity contribution >= 4 is 17.6 Å². The number of carbonyl (C=O) groups excluding carboxylic acids is 1. The molecule has 1 unspecified atom stereocenters. The van der Waals surface area contributed by atoms with Gasteiger partial charge in [-0.3, -0.25) is 4.79 Å². The average molecular weight is 458 g/mol. The summed E-state index contributed by atoms with van der Waals surface area (Å²) >= 11 is 0. The standard InChI is InChI=1S/C27H27N3O4/c1-16-23-24(17-9-11-19(12-10-17)34-15-22(32)33)25-20(13-27(2,3)14-21(25)31)28-26(23)30(29-16)18-7-5-4-6-8-18/h4-12,24,28H,13-15H2,1-3H3,(H,32,33). The Kier molecular flexibility index (Phi) is 5.27. The van der Waals surface area contributed by atoms with E-state index in [4.69, 9.17) is 14.9 Å². The van der Waals surface area contributed by atoms with Crippen molar-refractivity contribution in [2.24, 2.45) is 5.41 Å². The maximum atomic E-state index is 13.5. The third-order valence-electron chi connectivity index (χ3n) is 6.45. The fourth-order valence-electron chi connectivity index (χ4n) is 5.06. The number of aryl methyl sites for hydroxylation is 1. The SMILES string of the molecule is Cc1nn(-c2ccccc2)c2c1C(c1ccc(OCC(=O)O)cc1)C1=C(CC(C)(C)CC1=O)N2. The summed E-state index contributed by atoms with van der Waals surface area (Å²) in [5, 5.41) is 17.3. The van der Waals surface area contributed by atoms with Crippen molar-refractivity contribution in [3.05, 3.63) is 82.7 Å². The second-order valence-corrected chi connectivity index (χ2v) is 9.74. The minimum atomic E-state index is -1.03. The number of carboxylic acid groups (broad SMARTS) is 1. The zero-order chi connectivity index (χ0) is 24.0. The fraction of sp³-hybridized carbons (Fsp3) is 0.296. The number of hydrogen-bond donors (Lipinski definition) is 2. The van der Waals surface area contributed by atoms with Crippen molar-refractivity contribution < 1.29 is 19.4 Å². The lowest BCUT2D eigenvalue weighted by atomic mass is 9.69. The van der Waals surface area contributed by atoms with E-state index in [0.717, 1.165) is 46.0 Å². The molecule has 2 aliphatic rings. The van der Waals surface area contributed by atoms with Crippen LogP contribution in [0.5, 0.6) is 5.75 Å². The van der Waals surface area contributed by atoms with E-state index in [-0.39, 0.29) is 17.1 Å². The highest BCUT2D eigenvalue weighted by molar-refractivity contribution is 6.01. The normalized spacial score (nSPS) is 18.7. The number of ketones is 1. The minimum Gasteiger partial charge on any atom is -0.482 e. The van der Waals surface area contributed by atoms with Crippen LogP contribution in [-0.4, -0.2) is 33.2 Å². The highest BCUT2D eigenvalue weighted by Crippen LogP contribution is 2.50. The van der Waals surface area contributed by atoms with Crippen molar-refractivity contribution in [3.63, 3.8) is 0 Å². The van der Waals surface area contributed by atoms with Gasteiger partial charge in [-0.2, -0.15) is 5.10 Å². The number of aromatic nitrogens is 2. The van der Waals surface area contributed by atoms with E-state index in [2.05, 4.69) is 19.2 Å². The fourth-order valence-corrected chi connectivity index (χ4v) is 5.06. The Morgan fingerprint density at radius 1 is 1.15 bits per heavy atom. The van der Waals surface area contributed by atoms with Gasteiger partial charge in [-0.25, -0.2) is 9.48 Å². The van der Waals surface area contributed by atoms with Gasteiger partial charge in [0.2, 0.25) is 0 Å². The van der Waals surface area contributed by atoms with E-state index >= 15 is 0 Å². The molecule has 0 saturated heterocycles. The smallest absolute Gasteiger partial charge is 0.341 e. The number of nitrogens with one attached hydrogen (secondary N) is 1. The van der Waals surface area contributed by atoms with Gasteiger partial charge in [-0.05, 0) is 48.6 Å². The van der Waals surface area contributed by atoms with Crippen molar-refractivity contribution in [3.8, 4) is 11.4 Å². The van der Waals surface area contributed by atoms with Crippen LogP contribution in [0, 0.1) is 12.3 Å². The molecule has 1 atom stereocenters. The van der Waals surface area contributed by atoms with E-state index in [9.17, 15) is 9.59 Å². The second-order valence-electron chi connectivity index (χ2n) is 9.74. The first kappa shape index (κ1) is 21.9. The molecular formula is C27H27N3O4. The van der Waals surface area contributed by atoms with Gasteiger partial charge in [0.05, 0.1) is 11.4 Å². The molecule has 0 bridgehead atoms. The molecule has 34 heavy (non-hydrogen) atoms. The number of rotatable bonds is 5. The lowest BCUT2D eigenvalue weighted by Gasteiger charge is -2.38. The quantitative estimate of drug-likeness (QED) is 0.569. The Balaban J connectivity index is 1.65. The Labute approximate surface area is 198 Å². The molecule has 2 N–H and O–H groups in total. The van der Waals surface area contributed by atoms with E-state index in [1.165, 1.54) is 0 Å². The van der Waals surface area contributed by atoms with Crippen LogP contribution in [-0.2, 0) is 9.59 Å². The van der Waals surface area contributed by atoms with Gasteiger partial charge in [0.15, 0.2) is 12.4 Å². The van der Waals surface area contributed by atoms with E-state index in [1.807, 2.05) is 54.1 Å². The lowest BCUT2D eigenvalue weighted by molar-refractivity contribution is -0.139. The zero-order valence-electron chi connectivity index (χ0n) is 19.5. The number of nitrogens with zero attached hydrogens (tertiary/aromatic N) is 2. The van der Waals surface area contributed by atoms with Crippen LogP contribution < -0.4 is 10.1 Å². The summed E-state index contributed by atoms with van der Waals surface area (Å²) in [6.45, 7) is 5.81. The molecule has 7 nitrogen and oxygen atoms in total. The Morgan fingerprint density at radius 3 is 2.53 bits per heavy atom. The maximum absolute atomic E-state index is 13.5. The molecule has 174 valence electrons. The molecule has 0 spiro atoms. The molecule has 5 rings (SSSR count). The Morgan fingerprint density at radius 2 is 1.85 bits per heavy atom. The van der Waals surface area contributed by atoms with Crippen LogP contribution in [0.1, 0.15) is 49.4 Å². The monoisotopic (exact) mass is 457 g/mol. The van der Waals surface area contributed by atoms with Crippen LogP contribution in [0.15, 0.2) is 65.9 Å². The number of fused-ring (bicyclic) bond motifs is 1. The van der Waals surface area contributed by atoms with Crippen molar-refractivity contribution in [1.29, 1.82) is 0 Å². The van der Waals surface area contributed by atoms with Gasteiger partial charge in [-0.15, -0.1) is 0 Å². The van der Waals surface area contributed by atoms with Gasteiger partial charge in [0.25, 0.3) is 0 Å². The molecule has 0 fully saturated rings. The third kappa shape index (κ3) is 3.87. The van der Waals surface area contributed by atoms with E-state index in [0.29, 0.717) is 12.2 Å². The number of carbonyl (C=O) groups is 2. The van der Waals surface area contributed by atoms with E-state index < -0.39 is 12.6 Å². The molecular weight excluding hydrogens is 430 g/mol. The molecule has 1 aliphatic heterocycles. The van der Waals surface area contributed by atoms with Crippen molar-refractivity contribution in [2.45, 2.75) is 39.5 Å². The molecule has 2 heterocycles. The average Bonchev–Trinajstić information content (AvgIpc) is 3.12. The number of aliphatic carboxylic acids is 1. The Bertz CT molecular complexity index is 1300. The molecule has 0 saturated carbocycles. The summed E-state index contributed by atoms with van der Waals surface area (Å²) in [4.78, 5) is 24.3. The zero-order valence-corrected chi connectivity index (χ0v) is 19.5. The largest absolute Gasteiger partial charge is 0.482 e. The van der Waals surface area contributed by atoms with E-state index in [1.54, 1.807) is 12.1 Å². The highest BCUT2D eigenvalue weighted by Gasteiger charge is 2.42. The van der Waals surface area contributed by atoms with Gasteiger partial charge < -0.3 is 15.2 Å². The summed E-state index contributed by atoms with van der Waals surface area (Å²) in [5.74, 6) is 0.209. The maximum Gasteiger partial charge on any atom is 0.341 e. The van der Waals surface area contributed by atoms with Crippen LogP contribution in [0.2, 0.25) is 0 Å². The summed E-state index contributed by atoms with van der Waals surface area (Å²) in [6.07, 6.45) is 1.26. The number of carboxylic acids is 1. The first-order chi connectivity index (χ1) is 16.2. The highest BCUT2D eigenvalue weighted by atomic mass is 16.5. The van der Waals surface area contributed by atoms with Gasteiger partial charge in [-0.1, -0.05) is 44.2 Å². The number of hydrogen-bond acceptors (Lipinski definition) is 5. The molecule has 2 aromatic carbocycles. The second kappa shape index (κ2) is 8.17. The Hall–Kier alpha value is -3.87. The van der Waals surface area contributed by atoms with Gasteiger partial charge in [0.1, 0.15) is 11.6 Å². The molecule has 0 amide bonds. The summed E-state index contributed by atoms with van der Waals surface area (Å²) < 4.78 is 7.23. The van der Waals surface area contributed by atoms with Crippen LogP contribution in [0.3, 0.4) is 0 Å². The minimum absolute atomic E-state index is 0.133. The van der Waals surface area contributed by atoms with Crippen molar-refractivity contribution in [1.82, 2.24) is 9.78 Å². The summed E-state index contributed by atoms with van der Waals surface area (Å²) in [7, 11) is 0. The topological polar surface area (TPSA) is 93.5 Å². The first-order valence-electron chi connectivity index (χ1n) is 11.4. The number of allylic oxidation sites excluding steroid dienone is 2. The molecule has 1 aromatic heterocycles. The molecule has 7 heteroatoms. The molecule has 0 radical (unpaired) electrons.